The summed E-state index contributed by atoms with van der Waals surface area (Å²) in [4.78, 5) is 6.95. The zero-order valence-electron chi connectivity index (χ0n) is 17.5. The van der Waals surface area contributed by atoms with Gasteiger partial charge in [-0.05, 0) is 55.1 Å². The van der Waals surface area contributed by atoms with Gasteiger partial charge in [0.25, 0.3) is 0 Å². The Labute approximate surface area is 187 Å². The predicted molar refractivity (Wildman–Crippen MR) is 125 cm³/mol. The summed E-state index contributed by atoms with van der Waals surface area (Å²) in [5, 5.41) is 15.1. The number of piperidine rings is 1. The fraction of sp³-hybridized carbons (Fsp3) is 0.269. The predicted octanol–water partition coefficient (Wildman–Crippen LogP) is 5.08. The van der Waals surface area contributed by atoms with Crippen LogP contribution in [0.15, 0.2) is 90.6 Å². The Morgan fingerprint density at radius 3 is 2.13 bits per heavy atom. The molecule has 1 aliphatic rings. The first-order valence-electron chi connectivity index (χ1n) is 10.9. The first-order chi connectivity index (χ1) is 15.2. The van der Waals surface area contributed by atoms with Gasteiger partial charge in [0.05, 0.1) is 0 Å². The number of likely N-dealkylation sites (tertiary alicyclic amines) is 1. The molecule has 5 rings (SSSR count). The van der Waals surface area contributed by atoms with Crippen LogP contribution in [0.4, 0.5) is 0 Å². The van der Waals surface area contributed by atoms with Gasteiger partial charge in [0.2, 0.25) is 0 Å². The smallest absolute Gasteiger partial charge is 0.193 e. The molecule has 0 bridgehead atoms. The molecule has 2 aromatic heterocycles. The summed E-state index contributed by atoms with van der Waals surface area (Å²) in [5.41, 5.74) is 2.26. The van der Waals surface area contributed by atoms with Crippen LogP contribution in [0.1, 0.15) is 29.7 Å². The molecule has 31 heavy (non-hydrogen) atoms. The number of aliphatic hydroxyl groups is 1. The van der Waals surface area contributed by atoms with Crippen molar-refractivity contribution in [1.29, 1.82) is 0 Å². The van der Waals surface area contributed by atoms with Crippen LogP contribution in [0.2, 0.25) is 0 Å². The fourth-order valence-electron chi connectivity index (χ4n) is 4.83. The molecule has 0 atom stereocenters. The number of benzene rings is 2. The first-order valence-corrected chi connectivity index (χ1v) is 11.7. The SMILES string of the molecule is OC(c1ccccc1)(c1ccccc1)C1CCN(Cc2cccn2-c2nccs2)CC1. The molecular formula is C26H27N3OS. The van der Waals surface area contributed by atoms with Crippen molar-refractivity contribution in [3.63, 3.8) is 0 Å². The molecule has 2 aromatic carbocycles. The third kappa shape index (κ3) is 3.97. The highest BCUT2D eigenvalue weighted by Crippen LogP contribution is 2.42. The second kappa shape index (κ2) is 8.79. The van der Waals surface area contributed by atoms with Crippen molar-refractivity contribution in [1.82, 2.24) is 14.5 Å². The number of hydrogen-bond donors (Lipinski definition) is 1. The van der Waals surface area contributed by atoms with E-state index in [9.17, 15) is 5.11 Å². The summed E-state index contributed by atoms with van der Waals surface area (Å²) in [6.07, 6.45) is 5.85. The van der Waals surface area contributed by atoms with E-state index in [1.54, 1.807) is 11.3 Å². The second-order valence-electron chi connectivity index (χ2n) is 8.23. The van der Waals surface area contributed by atoms with Crippen LogP contribution in [0, 0.1) is 5.92 Å². The molecule has 1 N–H and O–H groups in total. The highest BCUT2D eigenvalue weighted by atomic mass is 32.1. The molecule has 5 heteroatoms. The van der Waals surface area contributed by atoms with Crippen LogP contribution < -0.4 is 0 Å². The molecule has 1 saturated heterocycles. The Kier molecular flexibility index (Phi) is 5.72. The third-order valence-corrected chi connectivity index (χ3v) is 7.22. The van der Waals surface area contributed by atoms with E-state index in [1.165, 1.54) is 5.69 Å². The van der Waals surface area contributed by atoms with Crippen LogP contribution in [0.3, 0.4) is 0 Å². The number of thiazole rings is 1. The maximum absolute atomic E-state index is 12.1. The number of nitrogens with zero attached hydrogens (tertiary/aromatic N) is 3. The van der Waals surface area contributed by atoms with Crippen molar-refractivity contribution in [2.24, 2.45) is 5.92 Å². The monoisotopic (exact) mass is 429 g/mol. The minimum Gasteiger partial charge on any atom is -0.380 e. The van der Waals surface area contributed by atoms with E-state index in [0.717, 1.165) is 48.7 Å². The molecule has 4 aromatic rings. The quantitative estimate of drug-likeness (QED) is 0.465. The zero-order chi connectivity index (χ0) is 21.1. The summed E-state index contributed by atoms with van der Waals surface area (Å²) >= 11 is 1.66. The summed E-state index contributed by atoms with van der Waals surface area (Å²) in [7, 11) is 0. The Balaban J connectivity index is 1.34. The Hall–Kier alpha value is -2.73. The fourth-order valence-corrected chi connectivity index (χ4v) is 5.48. The van der Waals surface area contributed by atoms with Gasteiger partial charge in [-0.25, -0.2) is 4.98 Å². The highest BCUT2D eigenvalue weighted by molar-refractivity contribution is 7.12. The Morgan fingerprint density at radius 2 is 1.55 bits per heavy atom. The second-order valence-corrected chi connectivity index (χ2v) is 9.11. The van der Waals surface area contributed by atoms with Gasteiger partial charge in [-0.15, -0.1) is 11.3 Å². The third-order valence-electron chi connectivity index (χ3n) is 6.45. The number of rotatable bonds is 6. The molecule has 3 heterocycles. The lowest BCUT2D eigenvalue weighted by Gasteiger charge is -2.42. The van der Waals surface area contributed by atoms with Crippen molar-refractivity contribution >= 4 is 11.3 Å². The lowest BCUT2D eigenvalue weighted by atomic mass is 9.72. The van der Waals surface area contributed by atoms with Crippen molar-refractivity contribution in [3.05, 3.63) is 107 Å². The minimum absolute atomic E-state index is 0.180. The molecule has 0 aliphatic carbocycles. The van der Waals surface area contributed by atoms with Crippen molar-refractivity contribution in [2.45, 2.75) is 25.0 Å². The van der Waals surface area contributed by atoms with Crippen LogP contribution >= 0.6 is 11.3 Å². The van der Waals surface area contributed by atoms with E-state index in [4.69, 9.17) is 0 Å². The largest absolute Gasteiger partial charge is 0.380 e. The van der Waals surface area contributed by atoms with Crippen molar-refractivity contribution in [3.8, 4) is 5.13 Å². The summed E-state index contributed by atoms with van der Waals surface area (Å²) in [6.45, 7) is 2.83. The van der Waals surface area contributed by atoms with Crippen LogP contribution in [-0.2, 0) is 12.1 Å². The topological polar surface area (TPSA) is 41.3 Å². The highest BCUT2D eigenvalue weighted by Gasteiger charge is 2.41. The van der Waals surface area contributed by atoms with Gasteiger partial charge < -0.3 is 5.11 Å². The van der Waals surface area contributed by atoms with Gasteiger partial charge in [-0.1, -0.05) is 60.7 Å². The van der Waals surface area contributed by atoms with Crippen LogP contribution in [0.25, 0.3) is 5.13 Å². The Bertz CT molecular complexity index is 1040. The van der Waals surface area contributed by atoms with Crippen molar-refractivity contribution < 1.29 is 5.11 Å². The molecule has 0 unspecified atom stereocenters. The van der Waals surface area contributed by atoms with Gasteiger partial charge in [-0.2, -0.15) is 0 Å². The van der Waals surface area contributed by atoms with Crippen LogP contribution in [-0.4, -0.2) is 32.6 Å². The van der Waals surface area contributed by atoms with E-state index in [1.807, 2.05) is 48.0 Å². The normalized spacial score (nSPS) is 15.9. The molecule has 1 aliphatic heterocycles. The van der Waals surface area contributed by atoms with E-state index in [0.29, 0.717) is 0 Å². The summed E-state index contributed by atoms with van der Waals surface area (Å²) in [5.74, 6) is 0.180. The molecule has 0 saturated carbocycles. The van der Waals surface area contributed by atoms with E-state index < -0.39 is 5.60 Å². The van der Waals surface area contributed by atoms with Gasteiger partial charge >= 0.3 is 0 Å². The molecular weight excluding hydrogens is 402 g/mol. The first kappa shape index (κ1) is 20.2. The maximum atomic E-state index is 12.1. The van der Waals surface area contributed by atoms with Gasteiger partial charge in [-0.3, -0.25) is 9.47 Å². The lowest BCUT2D eigenvalue weighted by molar-refractivity contribution is -0.0154. The zero-order valence-corrected chi connectivity index (χ0v) is 18.3. The van der Waals surface area contributed by atoms with Gasteiger partial charge in [0.15, 0.2) is 5.13 Å². The molecule has 0 spiro atoms. The molecule has 4 nitrogen and oxygen atoms in total. The van der Waals surface area contributed by atoms with Gasteiger partial charge in [0, 0.05) is 30.0 Å². The van der Waals surface area contributed by atoms with E-state index >= 15 is 0 Å². The summed E-state index contributed by atoms with van der Waals surface area (Å²) in [6, 6.07) is 24.6. The van der Waals surface area contributed by atoms with Gasteiger partial charge in [0.1, 0.15) is 5.60 Å². The number of hydrogen-bond acceptors (Lipinski definition) is 4. The molecule has 1 fully saturated rings. The Morgan fingerprint density at radius 1 is 0.903 bits per heavy atom. The standard InChI is InChI=1S/C26H27N3OS/c30-26(21-8-3-1-4-9-21,22-10-5-2-6-11-22)23-13-17-28(18-14-23)20-24-12-7-16-29(24)25-27-15-19-31-25/h1-12,15-16,19,23,30H,13-14,17-18,20H2. The average Bonchev–Trinajstić information content (AvgIpc) is 3.52. The molecule has 158 valence electrons. The molecule has 0 amide bonds. The summed E-state index contributed by atoms with van der Waals surface area (Å²) < 4.78 is 2.18. The van der Waals surface area contributed by atoms with E-state index in [2.05, 4.69) is 57.0 Å². The van der Waals surface area contributed by atoms with Crippen LogP contribution in [0.5, 0.6) is 0 Å². The van der Waals surface area contributed by atoms with Crippen molar-refractivity contribution in [2.75, 3.05) is 13.1 Å². The average molecular weight is 430 g/mol. The lowest BCUT2D eigenvalue weighted by Crippen LogP contribution is -2.44. The number of aromatic nitrogens is 2. The minimum atomic E-state index is -0.963. The van der Waals surface area contributed by atoms with E-state index in [-0.39, 0.29) is 5.92 Å². The molecule has 0 radical (unpaired) electrons. The maximum Gasteiger partial charge on any atom is 0.193 e.